The molecule has 2 rings (SSSR count). The van der Waals surface area contributed by atoms with Crippen LogP contribution in [0.15, 0.2) is 29.4 Å². The van der Waals surface area contributed by atoms with Crippen molar-refractivity contribution in [2.24, 2.45) is 0 Å². The van der Waals surface area contributed by atoms with Crippen molar-refractivity contribution in [1.29, 1.82) is 0 Å². The molecule has 21 heavy (non-hydrogen) atoms. The molecule has 0 amide bonds. The zero-order chi connectivity index (χ0) is 15.2. The third kappa shape index (κ3) is 4.32. The van der Waals surface area contributed by atoms with Crippen LogP contribution in [0, 0.1) is 6.92 Å². The Labute approximate surface area is 128 Å². The third-order valence-corrected chi connectivity index (χ3v) is 3.96. The summed E-state index contributed by atoms with van der Waals surface area (Å²) < 4.78 is 2.02. The van der Waals surface area contributed by atoms with Gasteiger partial charge < -0.3 is 9.67 Å². The molecule has 0 radical (unpaired) electrons. The maximum atomic E-state index is 10.7. The van der Waals surface area contributed by atoms with Crippen molar-refractivity contribution in [3.05, 3.63) is 41.2 Å². The quantitative estimate of drug-likeness (QED) is 0.797. The van der Waals surface area contributed by atoms with Gasteiger partial charge in [-0.15, -0.1) is 10.2 Å². The number of hydrogen-bond acceptors (Lipinski definition) is 4. The van der Waals surface area contributed by atoms with E-state index in [4.69, 9.17) is 5.11 Å². The average Bonchev–Trinajstić information content (AvgIpc) is 2.80. The van der Waals surface area contributed by atoms with Gasteiger partial charge in [0.2, 0.25) is 0 Å². The van der Waals surface area contributed by atoms with Crippen LogP contribution in [0.1, 0.15) is 30.3 Å². The van der Waals surface area contributed by atoms with Crippen LogP contribution in [-0.4, -0.2) is 31.6 Å². The van der Waals surface area contributed by atoms with Gasteiger partial charge in [0.1, 0.15) is 5.82 Å². The molecule has 112 valence electrons. The smallest absolute Gasteiger partial charge is 0.313 e. The monoisotopic (exact) mass is 305 g/mol. The number of carboxylic acids is 1. The number of carbonyl (C=O) groups is 1. The van der Waals surface area contributed by atoms with E-state index in [1.165, 1.54) is 22.9 Å². The molecule has 1 aromatic heterocycles. The normalized spacial score (nSPS) is 10.8. The van der Waals surface area contributed by atoms with Crippen molar-refractivity contribution in [2.75, 3.05) is 5.75 Å². The first kappa shape index (κ1) is 15.6. The maximum Gasteiger partial charge on any atom is 0.313 e. The predicted molar refractivity (Wildman–Crippen MR) is 82.7 cm³/mol. The van der Waals surface area contributed by atoms with Gasteiger partial charge in [0, 0.05) is 13.0 Å². The second-order valence-corrected chi connectivity index (χ2v) is 5.84. The highest BCUT2D eigenvalue weighted by Crippen LogP contribution is 2.19. The zero-order valence-electron chi connectivity index (χ0n) is 12.2. The second-order valence-electron chi connectivity index (χ2n) is 4.90. The minimum absolute atomic E-state index is 0.00624. The molecule has 0 spiro atoms. The molecule has 0 bridgehead atoms. The highest BCUT2D eigenvalue weighted by atomic mass is 32.2. The van der Waals surface area contributed by atoms with Gasteiger partial charge in [-0.05, 0) is 18.9 Å². The third-order valence-electron chi connectivity index (χ3n) is 3.01. The van der Waals surface area contributed by atoms with E-state index in [2.05, 4.69) is 42.2 Å². The van der Waals surface area contributed by atoms with E-state index in [9.17, 15) is 4.79 Å². The first-order valence-electron chi connectivity index (χ1n) is 6.92. The summed E-state index contributed by atoms with van der Waals surface area (Å²) in [6, 6.07) is 8.30. The lowest BCUT2D eigenvalue weighted by Gasteiger charge is -2.08. The highest BCUT2D eigenvalue weighted by molar-refractivity contribution is 7.99. The van der Waals surface area contributed by atoms with Gasteiger partial charge in [-0.25, -0.2) is 0 Å². The van der Waals surface area contributed by atoms with E-state index in [1.54, 1.807) is 0 Å². The zero-order valence-corrected chi connectivity index (χ0v) is 13.1. The summed E-state index contributed by atoms with van der Waals surface area (Å²) in [5.41, 5.74) is 2.41. The van der Waals surface area contributed by atoms with E-state index in [-0.39, 0.29) is 5.75 Å². The van der Waals surface area contributed by atoms with Crippen molar-refractivity contribution in [2.45, 2.75) is 38.4 Å². The Balaban J connectivity index is 2.20. The molecular formula is C15H19N3O2S. The van der Waals surface area contributed by atoms with E-state index < -0.39 is 5.97 Å². The van der Waals surface area contributed by atoms with Crippen molar-refractivity contribution in [1.82, 2.24) is 14.8 Å². The van der Waals surface area contributed by atoms with Crippen LogP contribution in [0.2, 0.25) is 0 Å². The fraction of sp³-hybridized carbons (Fsp3) is 0.400. The van der Waals surface area contributed by atoms with Gasteiger partial charge in [-0.3, -0.25) is 4.79 Å². The first-order valence-corrected chi connectivity index (χ1v) is 7.91. The lowest BCUT2D eigenvalue weighted by Crippen LogP contribution is -2.07. The van der Waals surface area contributed by atoms with Crippen molar-refractivity contribution < 1.29 is 9.90 Å². The Hall–Kier alpha value is -1.82. The number of rotatable bonds is 7. The Bertz CT molecular complexity index is 625. The van der Waals surface area contributed by atoms with Crippen molar-refractivity contribution in [3.63, 3.8) is 0 Å². The molecular weight excluding hydrogens is 286 g/mol. The molecule has 0 aliphatic carbocycles. The summed E-state index contributed by atoms with van der Waals surface area (Å²) in [5.74, 6) is 0.0494. The molecule has 1 heterocycles. The van der Waals surface area contributed by atoms with Crippen LogP contribution in [0.25, 0.3) is 0 Å². The minimum Gasteiger partial charge on any atom is -0.481 e. The summed E-state index contributed by atoms with van der Waals surface area (Å²) >= 11 is 1.22. The standard InChI is InChI=1S/C15H19N3O2S/c1-3-7-18-13(9-12-6-4-5-11(2)8-12)16-17-15(18)21-10-14(19)20/h4-6,8H,3,7,9-10H2,1-2H3,(H,19,20). The van der Waals surface area contributed by atoms with Gasteiger partial charge in [0.05, 0.1) is 5.75 Å². The Kier molecular flexibility index (Phi) is 5.38. The molecule has 6 heteroatoms. The summed E-state index contributed by atoms with van der Waals surface area (Å²) in [5, 5.41) is 17.8. The second kappa shape index (κ2) is 7.26. The molecule has 0 aliphatic heterocycles. The number of carboxylic acid groups (broad SMARTS) is 1. The van der Waals surface area contributed by atoms with Crippen molar-refractivity contribution in [3.8, 4) is 0 Å². The summed E-state index contributed by atoms with van der Waals surface area (Å²) in [6.45, 7) is 4.95. The molecule has 5 nitrogen and oxygen atoms in total. The molecule has 2 aromatic rings. The van der Waals surface area contributed by atoms with Crippen LogP contribution in [-0.2, 0) is 17.8 Å². The highest BCUT2D eigenvalue weighted by Gasteiger charge is 2.13. The molecule has 0 aliphatic rings. The van der Waals surface area contributed by atoms with Crippen LogP contribution in [0.4, 0.5) is 0 Å². The number of aliphatic carboxylic acids is 1. The number of benzene rings is 1. The largest absolute Gasteiger partial charge is 0.481 e. The maximum absolute atomic E-state index is 10.7. The van der Waals surface area contributed by atoms with Crippen LogP contribution >= 0.6 is 11.8 Å². The summed E-state index contributed by atoms with van der Waals surface area (Å²) in [6.07, 6.45) is 1.67. The van der Waals surface area contributed by atoms with Crippen LogP contribution in [0.5, 0.6) is 0 Å². The van der Waals surface area contributed by atoms with Crippen LogP contribution < -0.4 is 0 Å². The molecule has 0 atom stereocenters. The van der Waals surface area contributed by atoms with Gasteiger partial charge in [0.25, 0.3) is 0 Å². The molecule has 0 saturated heterocycles. The average molecular weight is 305 g/mol. The minimum atomic E-state index is -0.841. The Morgan fingerprint density at radius 2 is 2.19 bits per heavy atom. The topological polar surface area (TPSA) is 68.0 Å². The molecule has 1 N–H and O–H groups in total. The van der Waals surface area contributed by atoms with Gasteiger partial charge >= 0.3 is 5.97 Å². The first-order chi connectivity index (χ1) is 10.1. The molecule has 0 unspecified atom stereocenters. The Morgan fingerprint density at radius 1 is 1.38 bits per heavy atom. The summed E-state index contributed by atoms with van der Waals surface area (Å²) in [7, 11) is 0. The van der Waals surface area contributed by atoms with E-state index in [0.717, 1.165) is 18.8 Å². The number of thioether (sulfide) groups is 1. The number of aromatic nitrogens is 3. The Morgan fingerprint density at radius 3 is 2.86 bits per heavy atom. The van der Waals surface area contributed by atoms with Gasteiger partial charge in [0.15, 0.2) is 5.16 Å². The number of aryl methyl sites for hydroxylation is 1. The lowest BCUT2D eigenvalue weighted by molar-refractivity contribution is -0.133. The predicted octanol–water partition coefficient (Wildman–Crippen LogP) is 2.76. The SMILES string of the molecule is CCCn1c(Cc2cccc(C)c2)nnc1SCC(=O)O. The van der Waals surface area contributed by atoms with E-state index in [0.29, 0.717) is 11.6 Å². The molecule has 1 aromatic carbocycles. The lowest BCUT2D eigenvalue weighted by atomic mass is 10.1. The molecule has 0 saturated carbocycles. The molecule has 0 fully saturated rings. The van der Waals surface area contributed by atoms with E-state index in [1.807, 2.05) is 10.6 Å². The van der Waals surface area contributed by atoms with E-state index >= 15 is 0 Å². The fourth-order valence-corrected chi connectivity index (χ4v) is 2.84. The summed E-state index contributed by atoms with van der Waals surface area (Å²) in [4.78, 5) is 10.7. The van der Waals surface area contributed by atoms with Gasteiger partial charge in [-0.2, -0.15) is 0 Å². The van der Waals surface area contributed by atoms with Gasteiger partial charge in [-0.1, -0.05) is 48.5 Å². The number of nitrogens with zero attached hydrogens (tertiary/aromatic N) is 3. The number of hydrogen-bond donors (Lipinski definition) is 1. The van der Waals surface area contributed by atoms with Crippen molar-refractivity contribution >= 4 is 17.7 Å². The van der Waals surface area contributed by atoms with Crippen LogP contribution in [0.3, 0.4) is 0 Å². The fourth-order valence-electron chi connectivity index (χ4n) is 2.14.